The molecule has 1 N–H and O–H groups in total. The second kappa shape index (κ2) is 7.20. The van der Waals surface area contributed by atoms with E-state index in [0.29, 0.717) is 28.0 Å². The normalized spacial score (nSPS) is 11.6. The Balaban J connectivity index is 1.97. The zero-order chi connectivity index (χ0) is 20.6. The largest absolute Gasteiger partial charge is 0.497 e. The minimum absolute atomic E-state index is 0.510. The molecule has 0 fully saturated rings. The lowest BCUT2D eigenvalue weighted by atomic mass is 9.97. The maximum Gasteiger partial charge on any atom is 0.416 e. The van der Waals surface area contributed by atoms with Crippen LogP contribution in [0.25, 0.3) is 33.3 Å². The monoisotopic (exact) mass is 397 g/mol. The molecular formula is C23H18F3NO2. The molecule has 0 atom stereocenters. The van der Waals surface area contributed by atoms with E-state index in [1.807, 2.05) is 36.4 Å². The fourth-order valence-corrected chi connectivity index (χ4v) is 3.40. The summed E-state index contributed by atoms with van der Waals surface area (Å²) in [6.07, 6.45) is -4.41. The number of aromatic amines is 1. The average Bonchev–Trinajstić information content (AvgIpc) is 3.12. The Hall–Kier alpha value is -3.41. The second-order valence-corrected chi connectivity index (χ2v) is 6.59. The van der Waals surface area contributed by atoms with Crippen LogP contribution in [-0.2, 0) is 6.18 Å². The molecule has 0 amide bonds. The van der Waals surface area contributed by atoms with Crippen molar-refractivity contribution in [1.29, 1.82) is 0 Å². The maximum atomic E-state index is 13.3. The summed E-state index contributed by atoms with van der Waals surface area (Å²) in [5.74, 6) is 1.38. The summed E-state index contributed by atoms with van der Waals surface area (Å²) in [6, 6.07) is 18.4. The van der Waals surface area contributed by atoms with E-state index in [1.54, 1.807) is 26.4 Å². The summed E-state index contributed by atoms with van der Waals surface area (Å²) >= 11 is 0. The molecule has 0 saturated heterocycles. The van der Waals surface area contributed by atoms with E-state index in [2.05, 4.69) is 4.98 Å². The first-order valence-corrected chi connectivity index (χ1v) is 8.92. The Morgan fingerprint density at radius 2 is 1.28 bits per heavy atom. The van der Waals surface area contributed by atoms with Crippen LogP contribution in [0.15, 0.2) is 66.7 Å². The quantitative estimate of drug-likeness (QED) is 0.424. The van der Waals surface area contributed by atoms with Crippen molar-refractivity contribution in [1.82, 2.24) is 4.98 Å². The number of halogens is 3. The van der Waals surface area contributed by atoms with Gasteiger partial charge in [0, 0.05) is 16.5 Å². The smallest absolute Gasteiger partial charge is 0.416 e. The van der Waals surface area contributed by atoms with E-state index in [4.69, 9.17) is 9.47 Å². The lowest BCUT2D eigenvalue weighted by Crippen LogP contribution is -2.04. The lowest BCUT2D eigenvalue weighted by Gasteiger charge is -2.09. The van der Waals surface area contributed by atoms with Gasteiger partial charge in [-0.25, -0.2) is 0 Å². The molecule has 4 aromatic rings. The van der Waals surface area contributed by atoms with Crippen LogP contribution in [0.3, 0.4) is 0 Å². The third-order valence-electron chi connectivity index (χ3n) is 4.88. The highest BCUT2D eigenvalue weighted by atomic mass is 19.4. The van der Waals surface area contributed by atoms with Crippen molar-refractivity contribution >= 4 is 10.9 Å². The van der Waals surface area contributed by atoms with Gasteiger partial charge in [-0.1, -0.05) is 12.1 Å². The van der Waals surface area contributed by atoms with Gasteiger partial charge < -0.3 is 14.5 Å². The molecule has 0 radical (unpaired) electrons. The summed E-state index contributed by atoms with van der Waals surface area (Å²) < 4.78 is 50.4. The predicted molar refractivity (Wildman–Crippen MR) is 107 cm³/mol. The van der Waals surface area contributed by atoms with Crippen LogP contribution in [0.1, 0.15) is 5.56 Å². The number of hydrogen-bond acceptors (Lipinski definition) is 2. The highest BCUT2D eigenvalue weighted by molar-refractivity contribution is 6.04. The van der Waals surface area contributed by atoms with Crippen LogP contribution in [-0.4, -0.2) is 19.2 Å². The standard InChI is InChI=1S/C23H18F3NO2/c1-28-17-8-3-14(4-9-17)21-19-13-16(23(24,25)26)7-12-20(19)27-22(21)15-5-10-18(29-2)11-6-15/h3-13,27H,1-2H3. The summed E-state index contributed by atoms with van der Waals surface area (Å²) in [5, 5.41) is 0.510. The van der Waals surface area contributed by atoms with Crippen LogP contribution >= 0.6 is 0 Å². The first kappa shape index (κ1) is 18.9. The van der Waals surface area contributed by atoms with Gasteiger partial charge in [-0.3, -0.25) is 0 Å². The van der Waals surface area contributed by atoms with Crippen molar-refractivity contribution in [3.8, 4) is 33.9 Å². The van der Waals surface area contributed by atoms with Crippen molar-refractivity contribution in [3.05, 3.63) is 72.3 Å². The van der Waals surface area contributed by atoms with Gasteiger partial charge in [0.05, 0.1) is 25.5 Å². The number of ether oxygens (including phenoxy) is 2. The van der Waals surface area contributed by atoms with Crippen molar-refractivity contribution in [2.75, 3.05) is 14.2 Å². The summed E-state index contributed by atoms with van der Waals surface area (Å²) in [5.41, 5.74) is 3.05. The zero-order valence-corrected chi connectivity index (χ0v) is 15.8. The van der Waals surface area contributed by atoms with Gasteiger partial charge in [-0.15, -0.1) is 0 Å². The number of nitrogens with one attached hydrogen (secondary N) is 1. The van der Waals surface area contributed by atoms with E-state index in [0.717, 1.165) is 22.9 Å². The number of hydrogen-bond donors (Lipinski definition) is 1. The number of methoxy groups -OCH3 is 2. The van der Waals surface area contributed by atoms with Crippen molar-refractivity contribution < 1.29 is 22.6 Å². The van der Waals surface area contributed by atoms with Crippen molar-refractivity contribution in [2.24, 2.45) is 0 Å². The van der Waals surface area contributed by atoms with E-state index >= 15 is 0 Å². The highest BCUT2D eigenvalue weighted by Crippen LogP contribution is 2.41. The van der Waals surface area contributed by atoms with Crippen LogP contribution in [0.2, 0.25) is 0 Å². The average molecular weight is 397 g/mol. The molecule has 0 spiro atoms. The Morgan fingerprint density at radius 1 is 0.724 bits per heavy atom. The molecule has 1 aromatic heterocycles. The molecule has 0 saturated carbocycles. The molecule has 6 heteroatoms. The Bertz CT molecular complexity index is 1140. The molecule has 3 aromatic carbocycles. The number of rotatable bonds is 4. The van der Waals surface area contributed by atoms with Gasteiger partial charge in [-0.2, -0.15) is 13.2 Å². The molecule has 0 aliphatic carbocycles. The first-order chi connectivity index (χ1) is 13.9. The van der Waals surface area contributed by atoms with Gasteiger partial charge in [-0.05, 0) is 65.7 Å². The Labute approximate surface area is 165 Å². The molecule has 0 aliphatic heterocycles. The molecule has 0 unspecified atom stereocenters. The summed E-state index contributed by atoms with van der Waals surface area (Å²) in [4.78, 5) is 3.28. The molecular weight excluding hydrogens is 379 g/mol. The van der Waals surface area contributed by atoms with Crippen LogP contribution in [0.4, 0.5) is 13.2 Å². The molecule has 29 heavy (non-hydrogen) atoms. The SMILES string of the molecule is COc1ccc(-c2[nH]c3ccc(C(F)(F)F)cc3c2-c2ccc(OC)cc2)cc1. The van der Waals surface area contributed by atoms with E-state index in [1.165, 1.54) is 12.1 Å². The highest BCUT2D eigenvalue weighted by Gasteiger charge is 2.31. The molecule has 1 heterocycles. The molecule has 0 bridgehead atoms. The van der Waals surface area contributed by atoms with Crippen LogP contribution < -0.4 is 9.47 Å². The second-order valence-electron chi connectivity index (χ2n) is 6.59. The predicted octanol–water partition coefficient (Wildman–Crippen LogP) is 6.54. The summed E-state index contributed by atoms with van der Waals surface area (Å²) in [6.45, 7) is 0. The fourth-order valence-electron chi connectivity index (χ4n) is 3.40. The van der Waals surface area contributed by atoms with E-state index in [-0.39, 0.29) is 0 Å². The maximum absolute atomic E-state index is 13.3. The van der Waals surface area contributed by atoms with Gasteiger partial charge in [0.25, 0.3) is 0 Å². The van der Waals surface area contributed by atoms with Gasteiger partial charge in [0.15, 0.2) is 0 Å². The Kier molecular flexibility index (Phi) is 4.70. The summed E-state index contributed by atoms with van der Waals surface area (Å²) in [7, 11) is 3.15. The van der Waals surface area contributed by atoms with E-state index in [9.17, 15) is 13.2 Å². The molecule has 148 valence electrons. The lowest BCUT2D eigenvalue weighted by molar-refractivity contribution is -0.137. The third-order valence-corrected chi connectivity index (χ3v) is 4.88. The van der Waals surface area contributed by atoms with E-state index < -0.39 is 11.7 Å². The topological polar surface area (TPSA) is 34.2 Å². The number of fused-ring (bicyclic) bond motifs is 1. The van der Waals surface area contributed by atoms with Crippen molar-refractivity contribution in [3.63, 3.8) is 0 Å². The minimum atomic E-state index is -4.41. The molecule has 3 nitrogen and oxygen atoms in total. The van der Waals surface area contributed by atoms with Gasteiger partial charge in [0.1, 0.15) is 11.5 Å². The number of benzene rings is 3. The minimum Gasteiger partial charge on any atom is -0.497 e. The molecule has 4 rings (SSSR count). The number of alkyl halides is 3. The molecule has 0 aliphatic rings. The number of aromatic nitrogens is 1. The first-order valence-electron chi connectivity index (χ1n) is 8.92. The third kappa shape index (κ3) is 3.53. The van der Waals surface area contributed by atoms with Crippen LogP contribution in [0, 0.1) is 0 Å². The fraction of sp³-hybridized carbons (Fsp3) is 0.130. The van der Waals surface area contributed by atoms with Crippen molar-refractivity contribution in [2.45, 2.75) is 6.18 Å². The Morgan fingerprint density at radius 3 is 1.79 bits per heavy atom. The van der Waals surface area contributed by atoms with Crippen LogP contribution in [0.5, 0.6) is 11.5 Å². The van der Waals surface area contributed by atoms with Gasteiger partial charge in [0.2, 0.25) is 0 Å². The van der Waals surface area contributed by atoms with Gasteiger partial charge >= 0.3 is 6.18 Å². The zero-order valence-electron chi connectivity index (χ0n) is 15.8. The number of H-pyrrole nitrogens is 1.